The van der Waals surface area contributed by atoms with Crippen molar-refractivity contribution in [3.05, 3.63) is 48.7 Å². The number of rotatable bonds is 4. The van der Waals surface area contributed by atoms with Crippen LogP contribution in [-0.2, 0) is 16.1 Å². The minimum Gasteiger partial charge on any atom is -0.467 e. The van der Waals surface area contributed by atoms with Crippen molar-refractivity contribution in [1.29, 1.82) is 0 Å². The summed E-state index contributed by atoms with van der Waals surface area (Å²) in [5.41, 5.74) is 0.638. The number of hydrogen-bond donors (Lipinski definition) is 1. The lowest BCUT2D eigenvalue weighted by atomic mass is 10.1. The van der Waals surface area contributed by atoms with E-state index in [1.807, 2.05) is 6.07 Å². The van der Waals surface area contributed by atoms with Gasteiger partial charge in [-0.3, -0.25) is 14.6 Å². The van der Waals surface area contributed by atoms with E-state index in [2.05, 4.69) is 10.3 Å². The van der Waals surface area contributed by atoms with Crippen molar-refractivity contribution in [3.63, 3.8) is 0 Å². The highest BCUT2D eigenvalue weighted by Crippen LogP contribution is 2.21. The minimum absolute atomic E-state index is 0.0299. The Morgan fingerprint density at radius 3 is 3.05 bits per heavy atom. The van der Waals surface area contributed by atoms with Crippen molar-refractivity contribution >= 4 is 17.5 Å². The fraction of sp³-hybridized carbons (Fsp3) is 0.267. The predicted molar refractivity (Wildman–Crippen MR) is 75.1 cm³/mol. The first kappa shape index (κ1) is 13.4. The summed E-state index contributed by atoms with van der Waals surface area (Å²) in [5, 5.41) is 2.78. The second-order valence-corrected chi connectivity index (χ2v) is 4.99. The van der Waals surface area contributed by atoms with Gasteiger partial charge in [0.1, 0.15) is 5.76 Å². The molecule has 1 atom stereocenters. The van der Waals surface area contributed by atoms with E-state index in [0.717, 1.165) is 5.76 Å². The van der Waals surface area contributed by atoms with Crippen LogP contribution in [-0.4, -0.2) is 28.2 Å². The largest absolute Gasteiger partial charge is 0.467 e. The molecule has 0 unspecified atom stereocenters. The van der Waals surface area contributed by atoms with E-state index in [9.17, 15) is 9.59 Å². The van der Waals surface area contributed by atoms with Crippen molar-refractivity contribution < 1.29 is 14.0 Å². The number of likely N-dealkylation sites (tertiary alicyclic amines) is 1. The molecular formula is C15H15N3O3. The molecule has 6 nitrogen and oxygen atoms in total. The molecule has 1 saturated heterocycles. The Hall–Kier alpha value is -2.63. The highest BCUT2D eigenvalue weighted by molar-refractivity contribution is 5.97. The van der Waals surface area contributed by atoms with Gasteiger partial charge in [-0.15, -0.1) is 0 Å². The van der Waals surface area contributed by atoms with Gasteiger partial charge in [0, 0.05) is 19.2 Å². The first-order valence-electron chi connectivity index (χ1n) is 6.73. The van der Waals surface area contributed by atoms with Crippen LogP contribution >= 0.6 is 0 Å². The number of nitrogens with one attached hydrogen (secondary N) is 1. The van der Waals surface area contributed by atoms with Gasteiger partial charge in [0.15, 0.2) is 0 Å². The summed E-state index contributed by atoms with van der Waals surface area (Å²) in [7, 11) is 0. The molecule has 0 radical (unpaired) electrons. The third-order valence-corrected chi connectivity index (χ3v) is 3.44. The lowest BCUT2D eigenvalue weighted by Gasteiger charge is -2.15. The number of aromatic nitrogens is 1. The van der Waals surface area contributed by atoms with Gasteiger partial charge < -0.3 is 14.6 Å². The molecule has 2 aromatic heterocycles. The summed E-state index contributed by atoms with van der Waals surface area (Å²) >= 11 is 0. The predicted octanol–water partition coefficient (Wildman–Crippen LogP) is 1.66. The Labute approximate surface area is 121 Å². The number of anilines is 1. The number of nitrogens with zero attached hydrogens (tertiary/aromatic N) is 2. The van der Waals surface area contributed by atoms with E-state index in [1.165, 1.54) is 0 Å². The maximum absolute atomic E-state index is 12.2. The molecule has 1 fully saturated rings. The monoisotopic (exact) mass is 285 g/mol. The number of amides is 2. The quantitative estimate of drug-likeness (QED) is 0.927. The number of carbonyl (C=O) groups excluding carboxylic acids is 2. The number of furan rings is 1. The zero-order valence-electron chi connectivity index (χ0n) is 11.4. The van der Waals surface area contributed by atoms with Gasteiger partial charge in [0.25, 0.3) is 0 Å². The summed E-state index contributed by atoms with van der Waals surface area (Å²) in [5.74, 6) is 0.195. The number of carbonyl (C=O) groups is 2. The van der Waals surface area contributed by atoms with Crippen LogP contribution in [0, 0.1) is 5.92 Å². The maximum Gasteiger partial charge on any atom is 0.229 e. The Kier molecular flexibility index (Phi) is 3.68. The van der Waals surface area contributed by atoms with E-state index in [0.29, 0.717) is 18.8 Å². The van der Waals surface area contributed by atoms with Crippen LogP contribution in [0.5, 0.6) is 0 Å². The average molecular weight is 285 g/mol. The van der Waals surface area contributed by atoms with Crippen LogP contribution in [0.2, 0.25) is 0 Å². The van der Waals surface area contributed by atoms with Crippen molar-refractivity contribution in [2.24, 2.45) is 5.92 Å². The molecule has 6 heteroatoms. The zero-order valence-corrected chi connectivity index (χ0v) is 11.4. The summed E-state index contributed by atoms with van der Waals surface area (Å²) in [4.78, 5) is 29.7. The van der Waals surface area contributed by atoms with Gasteiger partial charge in [-0.2, -0.15) is 0 Å². The Bertz CT molecular complexity index is 625. The lowest BCUT2D eigenvalue weighted by molar-refractivity contribution is -0.128. The smallest absolute Gasteiger partial charge is 0.229 e. The van der Waals surface area contributed by atoms with Gasteiger partial charge in [-0.1, -0.05) is 0 Å². The second kappa shape index (κ2) is 5.78. The van der Waals surface area contributed by atoms with E-state index >= 15 is 0 Å². The fourth-order valence-electron chi connectivity index (χ4n) is 2.37. The molecule has 2 amide bonds. The fourth-order valence-corrected chi connectivity index (χ4v) is 2.37. The average Bonchev–Trinajstić information content (AvgIpc) is 3.11. The lowest BCUT2D eigenvalue weighted by Crippen LogP contribution is -2.27. The minimum atomic E-state index is -0.340. The maximum atomic E-state index is 12.2. The molecule has 21 heavy (non-hydrogen) atoms. The standard InChI is InChI=1S/C15H15N3O3/c19-14-7-11(9-18(14)10-13-4-2-6-21-13)15(20)17-12-3-1-5-16-8-12/h1-6,8,11H,7,9-10H2,(H,17,20)/t11-/m0/s1. The summed E-state index contributed by atoms with van der Waals surface area (Å²) < 4.78 is 5.23. The molecule has 0 spiro atoms. The van der Waals surface area contributed by atoms with E-state index in [1.54, 1.807) is 41.8 Å². The molecule has 108 valence electrons. The Balaban J connectivity index is 1.60. The van der Waals surface area contributed by atoms with Crippen LogP contribution < -0.4 is 5.32 Å². The van der Waals surface area contributed by atoms with Crippen molar-refractivity contribution in [3.8, 4) is 0 Å². The topological polar surface area (TPSA) is 75.4 Å². The van der Waals surface area contributed by atoms with Crippen molar-refractivity contribution in [2.45, 2.75) is 13.0 Å². The van der Waals surface area contributed by atoms with Crippen LogP contribution in [0.3, 0.4) is 0 Å². The van der Waals surface area contributed by atoms with Crippen LogP contribution in [0.4, 0.5) is 5.69 Å². The molecular weight excluding hydrogens is 270 g/mol. The van der Waals surface area contributed by atoms with Crippen molar-refractivity contribution in [2.75, 3.05) is 11.9 Å². The highest BCUT2D eigenvalue weighted by Gasteiger charge is 2.34. The van der Waals surface area contributed by atoms with Crippen LogP contribution in [0.1, 0.15) is 12.2 Å². The van der Waals surface area contributed by atoms with Gasteiger partial charge in [-0.05, 0) is 24.3 Å². The SMILES string of the molecule is O=C(Nc1cccnc1)[C@H]1CC(=O)N(Cc2ccco2)C1. The molecule has 0 aromatic carbocycles. The summed E-state index contributed by atoms with van der Waals surface area (Å²) in [6, 6.07) is 7.11. The summed E-state index contributed by atoms with van der Waals surface area (Å²) in [6.07, 6.45) is 5.02. The van der Waals surface area contributed by atoms with E-state index in [4.69, 9.17) is 4.42 Å². The molecule has 0 saturated carbocycles. The van der Waals surface area contributed by atoms with Crippen LogP contribution in [0.25, 0.3) is 0 Å². The zero-order chi connectivity index (χ0) is 14.7. The molecule has 1 aliphatic rings. The Morgan fingerprint density at radius 2 is 2.33 bits per heavy atom. The Morgan fingerprint density at radius 1 is 1.43 bits per heavy atom. The van der Waals surface area contributed by atoms with Gasteiger partial charge in [0.2, 0.25) is 11.8 Å². The van der Waals surface area contributed by atoms with Crippen molar-refractivity contribution in [1.82, 2.24) is 9.88 Å². The molecule has 1 N–H and O–H groups in total. The molecule has 3 heterocycles. The normalized spacial score (nSPS) is 18.0. The molecule has 1 aliphatic heterocycles. The molecule has 3 rings (SSSR count). The van der Waals surface area contributed by atoms with Gasteiger partial charge >= 0.3 is 0 Å². The highest BCUT2D eigenvalue weighted by atomic mass is 16.3. The van der Waals surface area contributed by atoms with E-state index in [-0.39, 0.29) is 24.2 Å². The van der Waals surface area contributed by atoms with Gasteiger partial charge in [0.05, 0.1) is 30.6 Å². The molecule has 2 aromatic rings. The van der Waals surface area contributed by atoms with Crippen LogP contribution in [0.15, 0.2) is 47.3 Å². The van der Waals surface area contributed by atoms with E-state index < -0.39 is 0 Å². The van der Waals surface area contributed by atoms with Gasteiger partial charge in [-0.25, -0.2) is 0 Å². The first-order chi connectivity index (χ1) is 10.2. The second-order valence-electron chi connectivity index (χ2n) is 4.99. The first-order valence-corrected chi connectivity index (χ1v) is 6.73. The number of hydrogen-bond acceptors (Lipinski definition) is 4. The molecule has 0 bridgehead atoms. The molecule has 0 aliphatic carbocycles. The third kappa shape index (κ3) is 3.10. The summed E-state index contributed by atoms with van der Waals surface area (Å²) in [6.45, 7) is 0.814. The number of pyridine rings is 1. The third-order valence-electron chi connectivity index (χ3n) is 3.44.